The summed E-state index contributed by atoms with van der Waals surface area (Å²) < 4.78 is 4.81. The van der Waals surface area contributed by atoms with Crippen LogP contribution in [0, 0.1) is 0 Å². The lowest BCUT2D eigenvalue weighted by Crippen LogP contribution is -2.31. The fourth-order valence-electron chi connectivity index (χ4n) is 2.62. The van der Waals surface area contributed by atoms with E-state index < -0.39 is 6.09 Å². The summed E-state index contributed by atoms with van der Waals surface area (Å²) >= 11 is 5.76. The molecule has 3 rings (SSSR count). The molecular weight excluding hydrogens is 346 g/mol. The number of benzene rings is 1. The number of rotatable bonds is 4. The van der Waals surface area contributed by atoms with Crippen molar-refractivity contribution in [3.8, 4) is 5.75 Å². The average molecular weight is 362 g/mol. The second kappa shape index (κ2) is 7.35. The van der Waals surface area contributed by atoms with Gasteiger partial charge in [-0.3, -0.25) is 4.79 Å². The van der Waals surface area contributed by atoms with Gasteiger partial charge in [-0.25, -0.2) is 14.8 Å². The van der Waals surface area contributed by atoms with Crippen LogP contribution in [-0.4, -0.2) is 46.0 Å². The van der Waals surface area contributed by atoms with Gasteiger partial charge in [-0.05, 0) is 24.6 Å². The molecular formula is C16H16ClN5O3. The number of primary amides is 1. The molecule has 1 fully saturated rings. The van der Waals surface area contributed by atoms with E-state index in [-0.39, 0.29) is 17.7 Å². The highest BCUT2D eigenvalue weighted by Crippen LogP contribution is 2.19. The molecule has 0 spiro atoms. The van der Waals surface area contributed by atoms with Gasteiger partial charge >= 0.3 is 6.09 Å². The lowest BCUT2D eigenvalue weighted by atomic mass is 10.2. The topological polar surface area (TPSA) is 110 Å². The molecule has 9 heteroatoms. The molecule has 3 N–H and O–H groups in total. The van der Waals surface area contributed by atoms with E-state index in [0.717, 1.165) is 6.42 Å². The summed E-state index contributed by atoms with van der Waals surface area (Å²) in [5.41, 5.74) is 5.42. The predicted octanol–water partition coefficient (Wildman–Crippen LogP) is 1.91. The van der Waals surface area contributed by atoms with Gasteiger partial charge < -0.3 is 20.7 Å². The number of halogens is 1. The minimum atomic E-state index is -0.919. The summed E-state index contributed by atoms with van der Waals surface area (Å²) in [7, 11) is 0. The standard InChI is InChI=1S/C16H16ClN5O3/c17-11-7-19-16(20-8-11)21-12-4-5-22(9-12)14(23)10-2-1-3-13(6-10)25-15(18)24/h1-3,6-8,12H,4-5,9H2,(H2,18,24)(H,19,20,21). The second-order valence-electron chi connectivity index (χ2n) is 5.55. The van der Waals surface area contributed by atoms with E-state index in [2.05, 4.69) is 15.3 Å². The van der Waals surface area contributed by atoms with Crippen LogP contribution in [0.3, 0.4) is 0 Å². The molecule has 1 aromatic heterocycles. The second-order valence-corrected chi connectivity index (χ2v) is 5.99. The molecule has 2 amide bonds. The first kappa shape index (κ1) is 17.0. The van der Waals surface area contributed by atoms with Gasteiger partial charge in [0.25, 0.3) is 5.91 Å². The summed E-state index contributed by atoms with van der Waals surface area (Å²) in [5, 5.41) is 3.65. The fourth-order valence-corrected chi connectivity index (χ4v) is 2.72. The van der Waals surface area contributed by atoms with Gasteiger partial charge in [0.2, 0.25) is 5.95 Å². The zero-order chi connectivity index (χ0) is 17.8. The Kier molecular flexibility index (Phi) is 4.99. The molecule has 2 aromatic rings. The van der Waals surface area contributed by atoms with E-state index in [9.17, 15) is 9.59 Å². The lowest BCUT2D eigenvalue weighted by molar-refractivity contribution is 0.0791. The average Bonchev–Trinajstić information content (AvgIpc) is 3.04. The Morgan fingerprint density at radius 2 is 2.08 bits per heavy atom. The maximum absolute atomic E-state index is 12.6. The normalized spacial score (nSPS) is 16.5. The first-order valence-corrected chi connectivity index (χ1v) is 8.00. The number of carbonyl (C=O) groups excluding carboxylic acids is 2. The first-order valence-electron chi connectivity index (χ1n) is 7.62. The predicted molar refractivity (Wildman–Crippen MR) is 91.6 cm³/mol. The summed E-state index contributed by atoms with van der Waals surface area (Å²) in [6, 6.07) is 6.41. The summed E-state index contributed by atoms with van der Waals surface area (Å²) in [5.74, 6) is 0.568. The van der Waals surface area contributed by atoms with Gasteiger partial charge in [0, 0.05) is 24.7 Å². The van der Waals surface area contributed by atoms with Gasteiger partial charge in [0.05, 0.1) is 17.4 Å². The Hall–Kier alpha value is -2.87. The van der Waals surface area contributed by atoms with Crippen molar-refractivity contribution >= 4 is 29.5 Å². The SMILES string of the molecule is NC(=O)Oc1cccc(C(=O)N2CCC(Nc3ncc(Cl)cn3)C2)c1. The third-order valence-corrected chi connectivity index (χ3v) is 3.92. The van der Waals surface area contributed by atoms with Crippen LogP contribution >= 0.6 is 11.6 Å². The maximum atomic E-state index is 12.6. The number of hydrogen-bond donors (Lipinski definition) is 2. The van der Waals surface area contributed by atoms with Gasteiger partial charge in [-0.15, -0.1) is 0 Å². The van der Waals surface area contributed by atoms with Gasteiger partial charge in [-0.1, -0.05) is 17.7 Å². The van der Waals surface area contributed by atoms with Crippen molar-refractivity contribution in [1.82, 2.24) is 14.9 Å². The molecule has 0 aliphatic carbocycles. The number of nitrogens with zero attached hydrogens (tertiary/aromatic N) is 3. The molecule has 1 atom stereocenters. The highest BCUT2D eigenvalue weighted by Gasteiger charge is 2.27. The van der Waals surface area contributed by atoms with E-state index in [1.54, 1.807) is 23.1 Å². The van der Waals surface area contributed by atoms with Crippen LogP contribution in [0.25, 0.3) is 0 Å². The number of aromatic nitrogens is 2. The maximum Gasteiger partial charge on any atom is 0.409 e. The van der Waals surface area contributed by atoms with Gasteiger partial charge in [0.15, 0.2) is 0 Å². The molecule has 1 aromatic carbocycles. The zero-order valence-corrected chi connectivity index (χ0v) is 13.9. The molecule has 8 nitrogen and oxygen atoms in total. The van der Waals surface area contributed by atoms with Crippen molar-refractivity contribution < 1.29 is 14.3 Å². The van der Waals surface area contributed by atoms with Crippen LogP contribution in [0.4, 0.5) is 10.7 Å². The van der Waals surface area contributed by atoms with Crippen LogP contribution in [0.2, 0.25) is 5.02 Å². The number of ether oxygens (including phenoxy) is 1. The van der Waals surface area contributed by atoms with Gasteiger partial charge in [0.1, 0.15) is 5.75 Å². The van der Waals surface area contributed by atoms with Gasteiger partial charge in [-0.2, -0.15) is 0 Å². The highest BCUT2D eigenvalue weighted by atomic mass is 35.5. The van der Waals surface area contributed by atoms with E-state index >= 15 is 0 Å². The van der Waals surface area contributed by atoms with E-state index in [1.807, 2.05) is 0 Å². The Labute approximate surface area is 149 Å². The lowest BCUT2D eigenvalue weighted by Gasteiger charge is -2.17. The zero-order valence-electron chi connectivity index (χ0n) is 13.2. The van der Waals surface area contributed by atoms with Crippen LogP contribution in [0.5, 0.6) is 5.75 Å². The smallest absolute Gasteiger partial charge is 0.409 e. The molecule has 1 saturated heterocycles. The third-order valence-electron chi connectivity index (χ3n) is 3.73. The van der Waals surface area contributed by atoms with Crippen LogP contribution in [0.1, 0.15) is 16.8 Å². The molecule has 0 radical (unpaired) electrons. The largest absolute Gasteiger partial charge is 0.410 e. The number of likely N-dealkylation sites (tertiary alicyclic amines) is 1. The quantitative estimate of drug-likeness (QED) is 0.860. The van der Waals surface area contributed by atoms with Crippen molar-refractivity contribution in [2.24, 2.45) is 5.73 Å². The molecule has 0 saturated carbocycles. The number of hydrogen-bond acceptors (Lipinski definition) is 6. The van der Waals surface area contributed by atoms with E-state index in [4.69, 9.17) is 22.1 Å². The molecule has 0 bridgehead atoms. The highest BCUT2D eigenvalue weighted by molar-refractivity contribution is 6.30. The number of nitrogens with one attached hydrogen (secondary N) is 1. The Morgan fingerprint density at radius 1 is 1.32 bits per heavy atom. The number of anilines is 1. The number of nitrogens with two attached hydrogens (primary N) is 1. The van der Waals surface area contributed by atoms with Crippen molar-refractivity contribution in [3.63, 3.8) is 0 Å². The van der Waals surface area contributed by atoms with Crippen LogP contribution in [-0.2, 0) is 0 Å². The molecule has 130 valence electrons. The van der Waals surface area contributed by atoms with E-state index in [0.29, 0.717) is 29.6 Å². The number of amides is 2. The fraction of sp³-hybridized carbons (Fsp3) is 0.250. The number of carbonyl (C=O) groups is 2. The van der Waals surface area contributed by atoms with Crippen LogP contribution < -0.4 is 15.8 Å². The first-order chi connectivity index (χ1) is 12.0. The monoisotopic (exact) mass is 361 g/mol. The minimum absolute atomic E-state index is 0.0511. The summed E-state index contributed by atoms with van der Waals surface area (Å²) in [6.45, 7) is 1.12. The molecule has 1 unspecified atom stereocenters. The van der Waals surface area contributed by atoms with Crippen molar-refractivity contribution in [1.29, 1.82) is 0 Å². The molecule has 25 heavy (non-hydrogen) atoms. The molecule has 2 heterocycles. The molecule has 1 aliphatic rings. The third kappa shape index (κ3) is 4.36. The Morgan fingerprint density at radius 3 is 2.80 bits per heavy atom. The van der Waals surface area contributed by atoms with Crippen molar-refractivity contribution in [2.45, 2.75) is 12.5 Å². The Balaban J connectivity index is 1.62. The van der Waals surface area contributed by atoms with Crippen molar-refractivity contribution in [2.75, 3.05) is 18.4 Å². The summed E-state index contributed by atoms with van der Waals surface area (Å²) in [4.78, 5) is 33.3. The summed E-state index contributed by atoms with van der Waals surface area (Å²) in [6.07, 6.45) is 2.88. The Bertz CT molecular complexity index is 784. The molecule has 1 aliphatic heterocycles. The van der Waals surface area contributed by atoms with Crippen molar-refractivity contribution in [3.05, 3.63) is 47.2 Å². The van der Waals surface area contributed by atoms with E-state index in [1.165, 1.54) is 18.5 Å². The van der Waals surface area contributed by atoms with Crippen LogP contribution in [0.15, 0.2) is 36.7 Å². The minimum Gasteiger partial charge on any atom is -0.410 e.